The quantitative estimate of drug-likeness (QED) is 0.727. The first-order valence-electron chi connectivity index (χ1n) is 6.44. The van der Waals surface area contributed by atoms with Crippen LogP contribution < -0.4 is 0 Å². The largest absolute Gasteiger partial charge is 0.476 e. The summed E-state index contributed by atoms with van der Waals surface area (Å²) in [5.41, 5.74) is 1.95. The summed E-state index contributed by atoms with van der Waals surface area (Å²) in [4.78, 5) is 15.4. The molecule has 6 nitrogen and oxygen atoms in total. The smallest absolute Gasteiger partial charge is 0.358 e. The lowest BCUT2D eigenvalue weighted by Gasteiger charge is -1.98. The van der Waals surface area contributed by atoms with Crippen LogP contribution in [0.5, 0.6) is 0 Å². The Labute approximate surface area is 130 Å². The Bertz CT molecular complexity index is 902. The van der Waals surface area contributed by atoms with Crippen molar-refractivity contribution in [3.8, 4) is 0 Å². The maximum absolute atomic E-state index is 11.3. The molecule has 0 unspecified atom stereocenters. The predicted molar refractivity (Wildman–Crippen MR) is 82.5 cm³/mol. The number of fused-ring (bicyclic) bond motifs is 1. The summed E-state index contributed by atoms with van der Waals surface area (Å²) in [7, 11) is 0. The van der Waals surface area contributed by atoms with E-state index in [4.69, 9.17) is 11.6 Å². The van der Waals surface area contributed by atoms with E-state index in [1.807, 2.05) is 25.1 Å². The molecule has 2 heterocycles. The molecule has 0 amide bonds. The molecular weight excluding hydrogens is 304 g/mol. The zero-order chi connectivity index (χ0) is 15.7. The van der Waals surface area contributed by atoms with Crippen molar-refractivity contribution in [3.63, 3.8) is 0 Å². The maximum atomic E-state index is 11.3. The van der Waals surface area contributed by atoms with Crippen molar-refractivity contribution in [2.24, 2.45) is 10.2 Å². The zero-order valence-electron chi connectivity index (χ0n) is 11.6. The minimum absolute atomic E-state index is 0.131. The number of halogens is 1. The van der Waals surface area contributed by atoms with Gasteiger partial charge in [-0.2, -0.15) is 0 Å². The van der Waals surface area contributed by atoms with Gasteiger partial charge in [0.05, 0.1) is 10.7 Å². The van der Waals surface area contributed by atoms with Crippen LogP contribution in [0.15, 0.2) is 52.8 Å². The number of carbonyl (C=O) groups is 1. The van der Waals surface area contributed by atoms with Gasteiger partial charge in [0.1, 0.15) is 5.65 Å². The number of hydrogen-bond donors (Lipinski definition) is 1. The fourth-order valence-corrected chi connectivity index (χ4v) is 2.20. The number of aromatic nitrogens is 2. The molecule has 0 aliphatic heterocycles. The Morgan fingerprint density at radius 1 is 1.27 bits per heavy atom. The van der Waals surface area contributed by atoms with Crippen molar-refractivity contribution in [2.45, 2.75) is 6.92 Å². The third kappa shape index (κ3) is 2.68. The summed E-state index contributed by atoms with van der Waals surface area (Å²) >= 11 is 5.95. The van der Waals surface area contributed by atoms with E-state index < -0.39 is 5.97 Å². The molecule has 3 rings (SSSR count). The third-order valence-electron chi connectivity index (χ3n) is 3.02. The van der Waals surface area contributed by atoms with E-state index in [-0.39, 0.29) is 11.5 Å². The lowest BCUT2D eigenvalue weighted by Crippen LogP contribution is -1.96. The van der Waals surface area contributed by atoms with Crippen molar-refractivity contribution in [3.05, 3.63) is 58.9 Å². The Morgan fingerprint density at radius 3 is 2.82 bits per heavy atom. The van der Waals surface area contributed by atoms with E-state index in [1.165, 1.54) is 4.40 Å². The van der Waals surface area contributed by atoms with Gasteiger partial charge in [0, 0.05) is 6.20 Å². The second-order valence-electron chi connectivity index (χ2n) is 4.70. The Balaban J connectivity index is 2.14. The molecule has 1 aromatic carbocycles. The fourth-order valence-electron chi connectivity index (χ4n) is 2.04. The highest BCUT2D eigenvalue weighted by molar-refractivity contribution is 6.30. The highest BCUT2D eigenvalue weighted by Crippen LogP contribution is 2.26. The van der Waals surface area contributed by atoms with Crippen molar-refractivity contribution in [1.82, 2.24) is 9.38 Å². The molecule has 0 aliphatic rings. The van der Waals surface area contributed by atoms with Gasteiger partial charge in [-0.15, -0.1) is 10.2 Å². The topological polar surface area (TPSA) is 79.3 Å². The van der Waals surface area contributed by atoms with Crippen LogP contribution in [-0.4, -0.2) is 20.5 Å². The van der Waals surface area contributed by atoms with Crippen LogP contribution in [-0.2, 0) is 0 Å². The number of aromatic carboxylic acids is 1. The number of carboxylic acid groups (broad SMARTS) is 1. The second kappa shape index (κ2) is 5.57. The molecule has 0 radical (unpaired) electrons. The van der Waals surface area contributed by atoms with Crippen LogP contribution in [0.4, 0.5) is 11.5 Å². The first-order chi connectivity index (χ1) is 10.5. The molecule has 0 saturated carbocycles. The molecule has 2 aromatic heterocycles. The van der Waals surface area contributed by atoms with E-state index in [0.29, 0.717) is 16.4 Å². The van der Waals surface area contributed by atoms with Gasteiger partial charge >= 0.3 is 5.97 Å². The van der Waals surface area contributed by atoms with Crippen LogP contribution >= 0.6 is 11.6 Å². The van der Waals surface area contributed by atoms with Crippen molar-refractivity contribution < 1.29 is 9.90 Å². The van der Waals surface area contributed by atoms with Gasteiger partial charge in [0.15, 0.2) is 11.5 Å². The number of pyridine rings is 1. The molecule has 0 aliphatic carbocycles. The van der Waals surface area contributed by atoms with Gasteiger partial charge in [-0.05, 0) is 36.8 Å². The molecule has 3 aromatic rings. The molecule has 7 heteroatoms. The van der Waals surface area contributed by atoms with Gasteiger partial charge in [-0.1, -0.05) is 23.7 Å². The van der Waals surface area contributed by atoms with E-state index in [1.54, 1.807) is 24.4 Å². The van der Waals surface area contributed by atoms with Crippen molar-refractivity contribution in [1.29, 1.82) is 0 Å². The third-order valence-corrected chi connectivity index (χ3v) is 3.25. The molecule has 0 spiro atoms. The van der Waals surface area contributed by atoms with Gasteiger partial charge in [0.2, 0.25) is 0 Å². The van der Waals surface area contributed by atoms with Gasteiger partial charge in [-0.3, -0.25) is 4.40 Å². The molecular formula is C15H11ClN4O2. The van der Waals surface area contributed by atoms with Crippen molar-refractivity contribution >= 4 is 34.7 Å². The fraction of sp³-hybridized carbons (Fsp3) is 0.0667. The average Bonchev–Trinajstić information content (AvgIpc) is 2.83. The first-order valence-corrected chi connectivity index (χ1v) is 6.82. The molecule has 0 fully saturated rings. The number of azo groups is 1. The number of benzene rings is 1. The van der Waals surface area contributed by atoms with Crippen molar-refractivity contribution in [2.75, 3.05) is 0 Å². The number of aryl methyl sites for hydroxylation is 1. The van der Waals surface area contributed by atoms with E-state index in [2.05, 4.69) is 15.2 Å². The molecule has 1 N–H and O–H groups in total. The average molecular weight is 315 g/mol. The van der Waals surface area contributed by atoms with Gasteiger partial charge in [-0.25, -0.2) is 9.78 Å². The minimum atomic E-state index is -1.17. The Morgan fingerprint density at radius 2 is 2.09 bits per heavy atom. The van der Waals surface area contributed by atoms with Crippen LogP contribution in [0.3, 0.4) is 0 Å². The molecule has 0 saturated heterocycles. The number of nitrogens with zero attached hydrogens (tertiary/aromatic N) is 4. The lowest BCUT2D eigenvalue weighted by atomic mass is 10.2. The summed E-state index contributed by atoms with van der Waals surface area (Å²) in [6.45, 7) is 1.94. The molecule has 0 bridgehead atoms. The van der Waals surface area contributed by atoms with Crippen LogP contribution in [0.25, 0.3) is 5.65 Å². The summed E-state index contributed by atoms with van der Waals surface area (Å²) in [5, 5.41) is 17.9. The van der Waals surface area contributed by atoms with Crippen LogP contribution in [0, 0.1) is 6.92 Å². The summed E-state index contributed by atoms with van der Waals surface area (Å²) < 4.78 is 1.51. The number of rotatable bonds is 3. The normalized spacial score (nSPS) is 11.4. The molecule has 22 heavy (non-hydrogen) atoms. The molecule has 110 valence electrons. The van der Waals surface area contributed by atoms with E-state index in [0.717, 1.165) is 5.56 Å². The lowest BCUT2D eigenvalue weighted by molar-refractivity contribution is 0.0692. The number of imidazole rings is 1. The van der Waals surface area contributed by atoms with E-state index >= 15 is 0 Å². The standard InChI is InChI=1S/C15H11ClN4O2/c1-9-3-2-4-11(7-9)18-19-14-13(15(21)22)17-12-6-5-10(16)8-20(12)14/h2-8H,1H3,(H,21,22). The second-order valence-corrected chi connectivity index (χ2v) is 5.14. The number of carboxylic acids is 1. The highest BCUT2D eigenvalue weighted by atomic mass is 35.5. The monoisotopic (exact) mass is 314 g/mol. The Kier molecular flexibility index (Phi) is 3.60. The Hall–Kier alpha value is -2.73. The zero-order valence-corrected chi connectivity index (χ0v) is 12.3. The minimum Gasteiger partial charge on any atom is -0.476 e. The van der Waals surface area contributed by atoms with E-state index in [9.17, 15) is 9.90 Å². The number of hydrogen-bond acceptors (Lipinski definition) is 4. The van der Waals surface area contributed by atoms with Gasteiger partial charge in [0.25, 0.3) is 0 Å². The summed E-state index contributed by atoms with van der Waals surface area (Å²) in [5.74, 6) is -1.04. The predicted octanol–water partition coefficient (Wildman–Crippen LogP) is 4.41. The SMILES string of the molecule is Cc1cccc(N=Nc2c(C(=O)O)nc3ccc(Cl)cn23)c1. The van der Waals surface area contributed by atoms with Crippen LogP contribution in [0.1, 0.15) is 16.1 Å². The molecule has 0 atom stereocenters. The van der Waals surface area contributed by atoms with Crippen LogP contribution in [0.2, 0.25) is 5.02 Å². The summed E-state index contributed by atoms with van der Waals surface area (Å²) in [6.07, 6.45) is 1.56. The highest BCUT2D eigenvalue weighted by Gasteiger charge is 2.18. The first kappa shape index (κ1) is 14.2. The maximum Gasteiger partial charge on any atom is 0.358 e. The summed E-state index contributed by atoms with van der Waals surface area (Å²) in [6, 6.07) is 10.7. The van der Waals surface area contributed by atoms with Gasteiger partial charge < -0.3 is 5.11 Å².